The summed E-state index contributed by atoms with van der Waals surface area (Å²) in [4.78, 5) is 25.9. The lowest BCUT2D eigenvalue weighted by molar-refractivity contribution is -0.112. The fraction of sp³-hybridized carbons (Fsp3) is 0.438. The summed E-state index contributed by atoms with van der Waals surface area (Å²) in [6.07, 6.45) is 5.40. The molecule has 1 aliphatic heterocycles. The number of para-hydroxylation sites is 1. The van der Waals surface area contributed by atoms with Crippen LogP contribution in [0.3, 0.4) is 0 Å². The number of oxime groups is 1. The third-order valence-electron chi connectivity index (χ3n) is 3.69. The smallest absolute Gasteiger partial charge is 0.284 e. The molecule has 1 heterocycles. The lowest BCUT2D eigenvalue weighted by Gasteiger charge is -2.28. The maximum atomic E-state index is 12.3. The van der Waals surface area contributed by atoms with E-state index in [0.29, 0.717) is 17.8 Å². The monoisotopic (exact) mass is 288 g/mol. The number of amides is 1. The minimum Gasteiger partial charge on any atom is -0.410 e. The van der Waals surface area contributed by atoms with Crippen LogP contribution in [0, 0.1) is 0 Å². The summed E-state index contributed by atoms with van der Waals surface area (Å²) in [6.45, 7) is 2.69. The summed E-state index contributed by atoms with van der Waals surface area (Å²) in [6, 6.07) is 6.94. The minimum absolute atomic E-state index is 0.401. The summed E-state index contributed by atoms with van der Waals surface area (Å²) < 4.78 is 0. The molecule has 0 fully saturated rings. The van der Waals surface area contributed by atoms with Crippen LogP contribution in [-0.4, -0.2) is 29.2 Å². The minimum atomic E-state index is -0.517. The predicted molar refractivity (Wildman–Crippen MR) is 81.1 cm³/mol. The Kier molecular flexibility index (Phi) is 5.09. The summed E-state index contributed by atoms with van der Waals surface area (Å²) in [5.41, 5.74) is 0.621. The molecule has 5 nitrogen and oxygen atoms in total. The van der Waals surface area contributed by atoms with Crippen molar-refractivity contribution in [1.29, 1.82) is 0 Å². The molecule has 5 heteroatoms. The van der Waals surface area contributed by atoms with E-state index in [-0.39, 0.29) is 0 Å². The molecule has 0 saturated carbocycles. The number of anilines is 1. The zero-order valence-electron chi connectivity index (χ0n) is 12.2. The fourth-order valence-electron chi connectivity index (χ4n) is 2.55. The number of hydrogen-bond acceptors (Lipinski definition) is 4. The highest BCUT2D eigenvalue weighted by molar-refractivity contribution is 6.72. The molecule has 2 rings (SSSR count). The molecule has 1 aromatic carbocycles. The molecule has 0 aliphatic carbocycles. The molecular formula is C16H20N2O3. The van der Waals surface area contributed by atoms with Gasteiger partial charge in [0, 0.05) is 12.1 Å². The zero-order chi connectivity index (χ0) is 15.2. The van der Waals surface area contributed by atoms with Crippen molar-refractivity contribution in [3.8, 4) is 0 Å². The van der Waals surface area contributed by atoms with Crippen LogP contribution >= 0.6 is 0 Å². The molecule has 0 bridgehead atoms. The molecule has 0 radical (unpaired) electrons. The lowest BCUT2D eigenvalue weighted by atomic mass is 9.97. The van der Waals surface area contributed by atoms with Crippen LogP contribution in [0.4, 0.5) is 5.69 Å². The van der Waals surface area contributed by atoms with Crippen LogP contribution in [0.5, 0.6) is 0 Å². The van der Waals surface area contributed by atoms with Gasteiger partial charge in [-0.25, -0.2) is 0 Å². The van der Waals surface area contributed by atoms with Crippen molar-refractivity contribution in [2.45, 2.75) is 39.0 Å². The van der Waals surface area contributed by atoms with Gasteiger partial charge in [0.1, 0.15) is 0 Å². The van der Waals surface area contributed by atoms with Crippen molar-refractivity contribution in [1.82, 2.24) is 0 Å². The molecule has 21 heavy (non-hydrogen) atoms. The van der Waals surface area contributed by atoms with Crippen LogP contribution in [0.15, 0.2) is 29.4 Å². The van der Waals surface area contributed by atoms with Gasteiger partial charge in [-0.05, 0) is 18.6 Å². The largest absolute Gasteiger partial charge is 0.410 e. The Hall–Kier alpha value is -2.17. The van der Waals surface area contributed by atoms with Crippen LogP contribution in [-0.2, 0) is 4.79 Å². The second-order valence-corrected chi connectivity index (χ2v) is 5.17. The fourth-order valence-corrected chi connectivity index (χ4v) is 2.55. The lowest BCUT2D eigenvalue weighted by Crippen LogP contribution is -2.45. The SMILES string of the molecule is CCCCCCCN1C(=O)/C(=N/O)C(=O)c2ccccc21. The van der Waals surface area contributed by atoms with E-state index in [1.165, 1.54) is 17.7 Å². The van der Waals surface area contributed by atoms with Gasteiger partial charge >= 0.3 is 0 Å². The van der Waals surface area contributed by atoms with Gasteiger partial charge in [0.15, 0.2) is 0 Å². The van der Waals surface area contributed by atoms with Gasteiger partial charge in [-0.2, -0.15) is 0 Å². The van der Waals surface area contributed by atoms with Gasteiger partial charge in [0.2, 0.25) is 11.5 Å². The maximum Gasteiger partial charge on any atom is 0.284 e. The van der Waals surface area contributed by atoms with Crippen molar-refractivity contribution < 1.29 is 14.8 Å². The summed E-state index contributed by atoms with van der Waals surface area (Å²) in [7, 11) is 0. The molecule has 0 atom stereocenters. The summed E-state index contributed by atoms with van der Waals surface area (Å²) in [5.74, 6) is -1.03. The molecule has 1 amide bonds. The third-order valence-corrected chi connectivity index (χ3v) is 3.69. The van der Waals surface area contributed by atoms with Crippen LogP contribution in [0.2, 0.25) is 0 Å². The highest BCUT2D eigenvalue weighted by atomic mass is 16.4. The van der Waals surface area contributed by atoms with Gasteiger partial charge in [-0.3, -0.25) is 9.59 Å². The molecule has 1 aliphatic rings. The zero-order valence-corrected chi connectivity index (χ0v) is 12.2. The number of Topliss-reactive ketones (excluding diaryl/α,β-unsaturated/α-hetero) is 1. The topological polar surface area (TPSA) is 70.0 Å². The van der Waals surface area contributed by atoms with E-state index in [0.717, 1.165) is 19.3 Å². The number of rotatable bonds is 6. The van der Waals surface area contributed by atoms with Crippen LogP contribution in [0.25, 0.3) is 0 Å². The van der Waals surface area contributed by atoms with Crippen LogP contribution < -0.4 is 4.90 Å². The van der Waals surface area contributed by atoms with E-state index >= 15 is 0 Å². The predicted octanol–water partition coefficient (Wildman–Crippen LogP) is 3.02. The Morgan fingerprint density at radius 2 is 1.81 bits per heavy atom. The van der Waals surface area contributed by atoms with Crippen molar-refractivity contribution in [3.63, 3.8) is 0 Å². The average molecular weight is 288 g/mol. The quantitative estimate of drug-likeness (QED) is 0.497. The normalized spacial score (nSPS) is 16.4. The molecule has 0 aromatic heterocycles. The molecule has 0 spiro atoms. The number of unbranched alkanes of at least 4 members (excludes halogenated alkanes) is 4. The highest BCUT2D eigenvalue weighted by Gasteiger charge is 2.36. The Morgan fingerprint density at radius 3 is 2.52 bits per heavy atom. The summed E-state index contributed by atoms with van der Waals surface area (Å²) in [5, 5.41) is 11.8. The molecule has 112 valence electrons. The first-order valence-corrected chi connectivity index (χ1v) is 7.38. The standard InChI is InChI=1S/C16H20N2O3/c1-2-3-4-5-8-11-18-13-10-7-6-9-12(13)15(19)14(17-21)16(18)20/h6-7,9-10,21H,2-5,8,11H2,1H3/b17-14+. The molecule has 0 unspecified atom stereocenters. The first-order chi connectivity index (χ1) is 10.2. The maximum absolute atomic E-state index is 12.3. The van der Waals surface area contributed by atoms with Crippen molar-refractivity contribution in [2.75, 3.05) is 11.4 Å². The number of nitrogens with zero attached hydrogens (tertiary/aromatic N) is 2. The van der Waals surface area contributed by atoms with Crippen molar-refractivity contribution in [2.24, 2.45) is 5.16 Å². The van der Waals surface area contributed by atoms with Gasteiger partial charge in [0.05, 0.1) is 5.69 Å². The van der Waals surface area contributed by atoms with Crippen molar-refractivity contribution in [3.05, 3.63) is 29.8 Å². The number of hydrogen-bond donors (Lipinski definition) is 1. The van der Waals surface area contributed by atoms with E-state index in [1.54, 1.807) is 24.3 Å². The van der Waals surface area contributed by atoms with E-state index in [1.807, 2.05) is 0 Å². The number of carbonyl (C=O) groups is 2. The van der Waals surface area contributed by atoms with E-state index in [9.17, 15) is 9.59 Å². The van der Waals surface area contributed by atoms with E-state index in [4.69, 9.17) is 5.21 Å². The third kappa shape index (κ3) is 3.12. The van der Waals surface area contributed by atoms with Gasteiger partial charge in [-0.1, -0.05) is 49.9 Å². The number of benzene rings is 1. The number of fused-ring (bicyclic) bond motifs is 1. The Balaban J connectivity index is 2.17. The molecular weight excluding hydrogens is 268 g/mol. The Bertz CT molecular complexity index is 566. The summed E-state index contributed by atoms with van der Waals surface area (Å²) >= 11 is 0. The second-order valence-electron chi connectivity index (χ2n) is 5.17. The Morgan fingerprint density at radius 1 is 1.10 bits per heavy atom. The molecule has 0 saturated heterocycles. The molecule has 1 N–H and O–H groups in total. The van der Waals surface area contributed by atoms with Gasteiger partial charge in [0.25, 0.3) is 5.91 Å². The first-order valence-electron chi connectivity index (χ1n) is 7.38. The average Bonchev–Trinajstić information content (AvgIpc) is 2.50. The van der Waals surface area contributed by atoms with Gasteiger partial charge < -0.3 is 10.1 Å². The Labute approximate surface area is 124 Å². The molecule has 1 aromatic rings. The number of ketones is 1. The first kappa shape index (κ1) is 15.2. The second kappa shape index (κ2) is 7.02. The van der Waals surface area contributed by atoms with Crippen molar-refractivity contribution >= 4 is 23.1 Å². The van der Waals surface area contributed by atoms with E-state index in [2.05, 4.69) is 12.1 Å². The van der Waals surface area contributed by atoms with Gasteiger partial charge in [-0.15, -0.1) is 0 Å². The van der Waals surface area contributed by atoms with Crippen LogP contribution in [0.1, 0.15) is 49.4 Å². The number of carbonyl (C=O) groups excluding carboxylic acids is 2. The van der Waals surface area contributed by atoms with E-state index < -0.39 is 17.4 Å². The highest BCUT2D eigenvalue weighted by Crippen LogP contribution is 2.27.